The van der Waals surface area contributed by atoms with Crippen molar-refractivity contribution in [1.82, 2.24) is 4.98 Å². The van der Waals surface area contributed by atoms with Crippen LogP contribution < -0.4 is 4.74 Å². The standard InChI is InChI=1S/C26H29NO2/c1-25(17-26(2,28)20-10-11-20,22-8-5-6-18-13-15-29-24(18)22)16-19-12-14-27-23-9-4-3-7-21(19)23/h3-9,12,14,20,28H,10-11,13,15-17H2,1-2H3. The fourth-order valence-electron chi connectivity index (χ4n) is 5.31. The van der Waals surface area contributed by atoms with Crippen LogP contribution in [0.2, 0.25) is 0 Å². The molecule has 2 heterocycles. The van der Waals surface area contributed by atoms with Crippen molar-refractivity contribution in [3.8, 4) is 5.75 Å². The molecule has 29 heavy (non-hydrogen) atoms. The van der Waals surface area contributed by atoms with Gasteiger partial charge in [0.25, 0.3) is 0 Å². The summed E-state index contributed by atoms with van der Waals surface area (Å²) in [5.41, 5.74) is 3.93. The van der Waals surface area contributed by atoms with Gasteiger partial charge in [-0.25, -0.2) is 0 Å². The van der Waals surface area contributed by atoms with E-state index >= 15 is 0 Å². The Bertz CT molecular complexity index is 1050. The zero-order valence-corrected chi connectivity index (χ0v) is 17.3. The number of nitrogens with zero attached hydrogens (tertiary/aromatic N) is 1. The van der Waals surface area contributed by atoms with Crippen LogP contribution in [-0.2, 0) is 18.3 Å². The fraction of sp³-hybridized carbons (Fsp3) is 0.423. The maximum Gasteiger partial charge on any atom is 0.126 e. The van der Waals surface area contributed by atoms with Crippen LogP contribution in [0.5, 0.6) is 5.75 Å². The minimum atomic E-state index is -0.668. The lowest BCUT2D eigenvalue weighted by Gasteiger charge is -2.38. The Labute approximate surface area is 172 Å². The van der Waals surface area contributed by atoms with Crippen LogP contribution in [0.3, 0.4) is 0 Å². The highest BCUT2D eigenvalue weighted by atomic mass is 16.5. The number of hydrogen-bond donors (Lipinski definition) is 1. The number of ether oxygens (including phenoxy) is 1. The molecular formula is C26H29NO2. The van der Waals surface area contributed by atoms with Crippen LogP contribution in [-0.4, -0.2) is 22.3 Å². The van der Waals surface area contributed by atoms with Gasteiger partial charge in [0, 0.05) is 29.0 Å². The van der Waals surface area contributed by atoms with Gasteiger partial charge in [0.2, 0.25) is 0 Å². The molecule has 3 aromatic rings. The van der Waals surface area contributed by atoms with Crippen molar-refractivity contribution in [2.24, 2.45) is 5.92 Å². The minimum Gasteiger partial charge on any atom is -0.493 e. The van der Waals surface area contributed by atoms with Gasteiger partial charge in [-0.3, -0.25) is 4.98 Å². The third kappa shape index (κ3) is 3.42. The molecule has 0 spiro atoms. The van der Waals surface area contributed by atoms with Crippen LogP contribution in [0.4, 0.5) is 0 Å². The molecule has 2 atom stereocenters. The minimum absolute atomic E-state index is 0.230. The summed E-state index contributed by atoms with van der Waals surface area (Å²) in [4.78, 5) is 4.54. The van der Waals surface area contributed by atoms with E-state index in [1.165, 1.54) is 22.1 Å². The number of benzene rings is 2. The Hall–Kier alpha value is -2.39. The Balaban J connectivity index is 1.61. The highest BCUT2D eigenvalue weighted by Gasteiger charge is 2.46. The molecule has 0 radical (unpaired) electrons. The molecule has 3 heteroatoms. The Morgan fingerprint density at radius 1 is 1.07 bits per heavy atom. The van der Waals surface area contributed by atoms with Crippen molar-refractivity contribution < 1.29 is 9.84 Å². The quantitative estimate of drug-likeness (QED) is 0.630. The van der Waals surface area contributed by atoms with Crippen LogP contribution in [0.25, 0.3) is 10.9 Å². The average Bonchev–Trinajstić information content (AvgIpc) is 3.46. The highest BCUT2D eigenvalue weighted by molar-refractivity contribution is 5.82. The molecule has 1 aliphatic heterocycles. The Kier molecular flexibility index (Phi) is 4.40. The number of fused-ring (bicyclic) bond motifs is 2. The van der Waals surface area contributed by atoms with E-state index in [0.29, 0.717) is 5.92 Å². The smallest absolute Gasteiger partial charge is 0.126 e. The van der Waals surface area contributed by atoms with Gasteiger partial charge in [-0.1, -0.05) is 43.3 Å². The summed E-state index contributed by atoms with van der Waals surface area (Å²) in [5.74, 6) is 1.45. The number of para-hydroxylation sites is 2. The van der Waals surface area contributed by atoms with E-state index in [2.05, 4.69) is 54.4 Å². The zero-order valence-electron chi connectivity index (χ0n) is 17.3. The monoisotopic (exact) mass is 387 g/mol. The van der Waals surface area contributed by atoms with Crippen molar-refractivity contribution in [1.29, 1.82) is 0 Å². The van der Waals surface area contributed by atoms with E-state index in [1.54, 1.807) is 0 Å². The zero-order chi connectivity index (χ0) is 20.1. The van der Waals surface area contributed by atoms with Crippen LogP contribution in [0.1, 0.15) is 49.8 Å². The third-order valence-corrected chi connectivity index (χ3v) is 6.89. The van der Waals surface area contributed by atoms with Gasteiger partial charge in [-0.05, 0) is 61.8 Å². The van der Waals surface area contributed by atoms with Crippen molar-refractivity contribution in [2.45, 2.75) is 57.0 Å². The van der Waals surface area contributed by atoms with Crippen LogP contribution >= 0.6 is 0 Å². The van der Waals surface area contributed by atoms with E-state index < -0.39 is 5.60 Å². The van der Waals surface area contributed by atoms with Gasteiger partial charge >= 0.3 is 0 Å². The molecule has 1 aromatic heterocycles. The van der Waals surface area contributed by atoms with Gasteiger partial charge in [0.15, 0.2) is 0 Å². The average molecular weight is 388 g/mol. The first-order chi connectivity index (χ1) is 14.0. The summed E-state index contributed by atoms with van der Waals surface area (Å²) in [5, 5.41) is 12.5. The van der Waals surface area contributed by atoms with Gasteiger partial charge in [0.05, 0.1) is 17.7 Å². The second-order valence-electron chi connectivity index (χ2n) is 9.43. The summed E-state index contributed by atoms with van der Waals surface area (Å²) in [6, 6.07) is 17.0. The van der Waals surface area contributed by atoms with E-state index in [4.69, 9.17) is 4.74 Å². The Morgan fingerprint density at radius 3 is 2.72 bits per heavy atom. The second kappa shape index (κ2) is 6.84. The normalized spacial score (nSPS) is 20.0. The topological polar surface area (TPSA) is 42.4 Å². The molecule has 1 fully saturated rings. The third-order valence-electron chi connectivity index (χ3n) is 6.89. The van der Waals surface area contributed by atoms with Crippen molar-refractivity contribution in [2.75, 3.05) is 6.61 Å². The molecule has 5 rings (SSSR count). The van der Waals surface area contributed by atoms with Crippen LogP contribution in [0.15, 0.2) is 54.7 Å². The first-order valence-electron chi connectivity index (χ1n) is 10.8. The molecule has 3 nitrogen and oxygen atoms in total. The Morgan fingerprint density at radius 2 is 1.90 bits per heavy atom. The van der Waals surface area contributed by atoms with Gasteiger partial charge in [0.1, 0.15) is 5.75 Å². The van der Waals surface area contributed by atoms with Crippen LogP contribution in [0, 0.1) is 5.92 Å². The summed E-state index contributed by atoms with van der Waals surface area (Å²) >= 11 is 0. The van der Waals surface area contributed by atoms with Crippen molar-refractivity contribution >= 4 is 10.9 Å². The molecular weight excluding hydrogens is 358 g/mol. The first-order valence-corrected chi connectivity index (χ1v) is 10.8. The lowest BCUT2D eigenvalue weighted by atomic mass is 9.68. The molecule has 2 unspecified atom stereocenters. The lowest BCUT2D eigenvalue weighted by Crippen LogP contribution is -2.39. The maximum absolute atomic E-state index is 11.3. The van der Waals surface area contributed by atoms with E-state index in [0.717, 1.165) is 50.0 Å². The number of pyridine rings is 1. The number of aromatic nitrogens is 1. The molecule has 150 valence electrons. The SMILES string of the molecule is CC(Cc1ccnc2ccccc12)(CC(C)(O)C1CC1)c1cccc2c1OCC2. The molecule has 0 amide bonds. The predicted octanol–water partition coefficient (Wildman–Crippen LogP) is 5.22. The van der Waals surface area contributed by atoms with Gasteiger partial charge in [-0.15, -0.1) is 0 Å². The van der Waals surface area contributed by atoms with E-state index in [-0.39, 0.29) is 5.41 Å². The molecule has 1 saturated carbocycles. The molecule has 0 saturated heterocycles. The first kappa shape index (κ1) is 18.6. The summed E-state index contributed by atoms with van der Waals surface area (Å²) in [6.45, 7) is 5.08. The van der Waals surface area contributed by atoms with E-state index in [1.807, 2.05) is 19.2 Å². The molecule has 2 aromatic carbocycles. The van der Waals surface area contributed by atoms with Gasteiger partial charge < -0.3 is 9.84 Å². The molecule has 0 bridgehead atoms. The van der Waals surface area contributed by atoms with Crippen molar-refractivity contribution in [3.63, 3.8) is 0 Å². The maximum atomic E-state index is 11.3. The largest absolute Gasteiger partial charge is 0.493 e. The number of hydrogen-bond acceptors (Lipinski definition) is 3. The number of aliphatic hydroxyl groups is 1. The molecule has 1 N–H and O–H groups in total. The lowest BCUT2D eigenvalue weighted by molar-refractivity contribution is 0.00674. The predicted molar refractivity (Wildman–Crippen MR) is 116 cm³/mol. The molecule has 1 aliphatic carbocycles. The summed E-state index contributed by atoms with van der Waals surface area (Å²) in [7, 11) is 0. The summed E-state index contributed by atoms with van der Waals surface area (Å²) in [6.07, 6.45) is 6.70. The number of rotatable bonds is 6. The van der Waals surface area contributed by atoms with Gasteiger partial charge in [-0.2, -0.15) is 0 Å². The fourth-order valence-corrected chi connectivity index (χ4v) is 5.31. The molecule has 2 aliphatic rings. The van der Waals surface area contributed by atoms with Crippen molar-refractivity contribution in [3.05, 3.63) is 71.4 Å². The highest BCUT2D eigenvalue weighted by Crippen LogP contribution is 2.49. The van der Waals surface area contributed by atoms with E-state index in [9.17, 15) is 5.11 Å². The summed E-state index contributed by atoms with van der Waals surface area (Å²) < 4.78 is 6.10. The second-order valence-corrected chi connectivity index (χ2v) is 9.43.